The summed E-state index contributed by atoms with van der Waals surface area (Å²) in [6.07, 6.45) is -0.274. The Kier molecular flexibility index (Phi) is 6.00. The highest BCUT2D eigenvalue weighted by Gasteiger charge is 2.29. The number of ether oxygens (including phenoxy) is 2. The molecule has 0 bridgehead atoms. The second-order valence-electron chi connectivity index (χ2n) is 5.90. The van der Waals surface area contributed by atoms with Crippen LogP contribution in [-0.4, -0.2) is 37.6 Å². The van der Waals surface area contributed by atoms with E-state index in [1.807, 2.05) is 0 Å². The zero-order chi connectivity index (χ0) is 20.3. The number of nitrogens with one attached hydrogen (secondary N) is 1. The van der Waals surface area contributed by atoms with Crippen molar-refractivity contribution in [3.63, 3.8) is 0 Å². The summed E-state index contributed by atoms with van der Waals surface area (Å²) in [5.41, 5.74) is 4.73. The lowest BCUT2D eigenvalue weighted by Gasteiger charge is -2.10. The van der Waals surface area contributed by atoms with Crippen molar-refractivity contribution in [2.24, 2.45) is 5.73 Å². The van der Waals surface area contributed by atoms with Crippen LogP contribution in [0.25, 0.3) is 0 Å². The molecule has 10 heteroatoms. The normalized spacial score (nSPS) is 13.4. The molecule has 1 aromatic carbocycles. The zero-order valence-corrected chi connectivity index (χ0v) is 15.4. The SMILES string of the molecule is NC(=O)OCC(=O)Nc1sc2c(c1C(=O)c1c(F)cccc1F)CCOCC2. The molecule has 0 aliphatic carbocycles. The first-order valence-electron chi connectivity index (χ1n) is 8.31. The van der Waals surface area contributed by atoms with Gasteiger partial charge < -0.3 is 20.5 Å². The molecule has 1 aliphatic rings. The smallest absolute Gasteiger partial charge is 0.405 e. The van der Waals surface area contributed by atoms with Gasteiger partial charge in [0.15, 0.2) is 6.61 Å². The van der Waals surface area contributed by atoms with Crippen molar-refractivity contribution >= 4 is 34.1 Å². The molecule has 0 spiro atoms. The molecule has 7 nitrogen and oxygen atoms in total. The summed E-state index contributed by atoms with van der Waals surface area (Å²) in [5.74, 6) is -3.59. The van der Waals surface area contributed by atoms with Crippen molar-refractivity contribution in [2.75, 3.05) is 25.1 Å². The van der Waals surface area contributed by atoms with Gasteiger partial charge in [0.05, 0.1) is 24.3 Å². The molecule has 0 radical (unpaired) electrons. The molecule has 148 valence electrons. The van der Waals surface area contributed by atoms with Gasteiger partial charge in [-0.05, 0) is 24.1 Å². The van der Waals surface area contributed by atoms with Gasteiger partial charge in [-0.2, -0.15) is 0 Å². The molecular formula is C18H16F2N2O5S. The van der Waals surface area contributed by atoms with E-state index in [9.17, 15) is 23.2 Å². The third kappa shape index (κ3) is 4.18. The largest absolute Gasteiger partial charge is 0.440 e. The Bertz CT molecular complexity index is 924. The molecule has 1 aromatic heterocycles. The van der Waals surface area contributed by atoms with Gasteiger partial charge in [-0.15, -0.1) is 11.3 Å². The average Bonchev–Trinajstić information content (AvgIpc) is 2.80. The molecular weight excluding hydrogens is 394 g/mol. The molecule has 0 saturated heterocycles. The van der Waals surface area contributed by atoms with Crippen LogP contribution in [0.1, 0.15) is 26.4 Å². The van der Waals surface area contributed by atoms with Crippen LogP contribution in [-0.2, 0) is 27.1 Å². The number of nitrogens with two attached hydrogens (primary N) is 1. The van der Waals surface area contributed by atoms with Gasteiger partial charge in [-0.3, -0.25) is 9.59 Å². The van der Waals surface area contributed by atoms with E-state index in [4.69, 9.17) is 10.5 Å². The van der Waals surface area contributed by atoms with Gasteiger partial charge in [-0.25, -0.2) is 13.6 Å². The molecule has 0 fully saturated rings. The van der Waals surface area contributed by atoms with Crippen molar-refractivity contribution in [3.05, 3.63) is 51.4 Å². The fourth-order valence-corrected chi connectivity index (χ4v) is 4.13. The van der Waals surface area contributed by atoms with E-state index in [0.29, 0.717) is 31.6 Å². The first kappa shape index (κ1) is 19.9. The summed E-state index contributed by atoms with van der Waals surface area (Å²) in [6, 6.07) is 3.14. The van der Waals surface area contributed by atoms with Crippen LogP contribution in [0.15, 0.2) is 18.2 Å². The van der Waals surface area contributed by atoms with Crippen molar-refractivity contribution in [1.82, 2.24) is 0 Å². The van der Waals surface area contributed by atoms with Crippen LogP contribution < -0.4 is 11.1 Å². The molecule has 2 aromatic rings. The Labute approximate surface area is 162 Å². The molecule has 2 heterocycles. The lowest BCUT2D eigenvalue weighted by Crippen LogP contribution is -2.24. The summed E-state index contributed by atoms with van der Waals surface area (Å²) < 4.78 is 38.2. The molecule has 1 aliphatic heterocycles. The molecule has 0 unspecified atom stereocenters. The Morgan fingerprint density at radius 2 is 1.82 bits per heavy atom. The summed E-state index contributed by atoms with van der Waals surface area (Å²) >= 11 is 1.12. The first-order chi connectivity index (χ1) is 13.4. The third-order valence-corrected chi connectivity index (χ3v) is 5.28. The monoisotopic (exact) mass is 410 g/mol. The van der Waals surface area contributed by atoms with E-state index >= 15 is 0 Å². The van der Waals surface area contributed by atoms with Gasteiger partial charge >= 0.3 is 6.09 Å². The van der Waals surface area contributed by atoms with Crippen LogP contribution in [0.4, 0.5) is 18.6 Å². The highest BCUT2D eigenvalue weighted by Crippen LogP contribution is 2.37. The van der Waals surface area contributed by atoms with E-state index in [1.54, 1.807) is 0 Å². The molecule has 0 atom stereocenters. The lowest BCUT2D eigenvalue weighted by molar-refractivity contribution is -0.118. The highest BCUT2D eigenvalue weighted by atomic mass is 32.1. The Morgan fingerprint density at radius 1 is 1.14 bits per heavy atom. The summed E-state index contributed by atoms with van der Waals surface area (Å²) in [6.45, 7) is 0.109. The topological polar surface area (TPSA) is 108 Å². The first-order valence-corrected chi connectivity index (χ1v) is 9.13. The van der Waals surface area contributed by atoms with Crippen LogP contribution in [0.2, 0.25) is 0 Å². The second-order valence-corrected chi connectivity index (χ2v) is 7.01. The van der Waals surface area contributed by atoms with E-state index in [2.05, 4.69) is 10.1 Å². The number of ketones is 1. The standard InChI is InChI=1S/C18H16F2N2O5S/c19-10-2-1-3-11(20)15(10)16(24)14-9-4-6-26-7-5-12(9)28-17(14)22-13(23)8-27-18(21)25/h1-3H,4-8H2,(H2,21,25)(H,22,23). The van der Waals surface area contributed by atoms with Gasteiger partial charge in [0.25, 0.3) is 5.91 Å². The molecule has 0 saturated carbocycles. The number of thiophene rings is 1. The summed E-state index contributed by atoms with van der Waals surface area (Å²) in [5, 5.41) is 2.61. The highest BCUT2D eigenvalue weighted by molar-refractivity contribution is 7.17. The fourth-order valence-electron chi connectivity index (χ4n) is 2.89. The van der Waals surface area contributed by atoms with Gasteiger partial charge in [-0.1, -0.05) is 6.07 Å². The number of anilines is 1. The minimum atomic E-state index is -1.13. The predicted octanol–water partition coefficient (Wildman–Crippen LogP) is 2.41. The maximum Gasteiger partial charge on any atom is 0.405 e. The number of amides is 2. The number of hydrogen-bond donors (Lipinski definition) is 2. The van der Waals surface area contributed by atoms with Crippen molar-refractivity contribution < 1.29 is 32.6 Å². The van der Waals surface area contributed by atoms with Gasteiger partial charge in [0, 0.05) is 11.3 Å². The van der Waals surface area contributed by atoms with E-state index in [0.717, 1.165) is 34.4 Å². The summed E-state index contributed by atoms with van der Waals surface area (Å²) in [4.78, 5) is 36.5. The van der Waals surface area contributed by atoms with E-state index in [-0.39, 0.29) is 10.6 Å². The number of primary amides is 1. The quantitative estimate of drug-likeness (QED) is 0.736. The van der Waals surface area contributed by atoms with Crippen LogP contribution >= 0.6 is 11.3 Å². The van der Waals surface area contributed by atoms with E-state index in [1.165, 1.54) is 0 Å². The van der Waals surface area contributed by atoms with Crippen LogP contribution in [0, 0.1) is 11.6 Å². The maximum absolute atomic E-state index is 14.2. The van der Waals surface area contributed by atoms with Crippen molar-refractivity contribution in [2.45, 2.75) is 12.8 Å². The lowest BCUT2D eigenvalue weighted by atomic mass is 9.97. The van der Waals surface area contributed by atoms with E-state index < -0.39 is 41.6 Å². The number of benzene rings is 1. The number of fused-ring (bicyclic) bond motifs is 1. The van der Waals surface area contributed by atoms with Crippen molar-refractivity contribution in [1.29, 1.82) is 0 Å². The van der Waals surface area contributed by atoms with Crippen LogP contribution in [0.3, 0.4) is 0 Å². The predicted molar refractivity (Wildman–Crippen MR) is 96.5 cm³/mol. The molecule has 28 heavy (non-hydrogen) atoms. The second kappa shape index (κ2) is 8.44. The van der Waals surface area contributed by atoms with Crippen molar-refractivity contribution in [3.8, 4) is 0 Å². The van der Waals surface area contributed by atoms with Gasteiger partial charge in [0.2, 0.25) is 5.78 Å². The minimum absolute atomic E-state index is 0.0157. The number of carbonyl (C=O) groups is 3. The summed E-state index contributed by atoms with van der Waals surface area (Å²) in [7, 11) is 0. The maximum atomic E-state index is 14.2. The average molecular weight is 410 g/mol. The number of carbonyl (C=O) groups excluding carboxylic acids is 3. The third-order valence-electron chi connectivity index (χ3n) is 4.08. The molecule has 3 rings (SSSR count). The number of rotatable bonds is 5. The Balaban J connectivity index is 2.02. The molecule has 3 N–H and O–H groups in total. The molecule has 2 amide bonds. The number of halogens is 2. The number of hydrogen-bond acceptors (Lipinski definition) is 6. The minimum Gasteiger partial charge on any atom is -0.440 e. The fraction of sp³-hybridized carbons (Fsp3) is 0.278. The zero-order valence-electron chi connectivity index (χ0n) is 14.6. The Morgan fingerprint density at radius 3 is 2.50 bits per heavy atom. The van der Waals surface area contributed by atoms with Crippen LogP contribution in [0.5, 0.6) is 0 Å². The Hall–Kier alpha value is -2.85. The van der Waals surface area contributed by atoms with Gasteiger partial charge in [0.1, 0.15) is 16.6 Å².